The molecule has 2 nitrogen and oxygen atoms in total. The van der Waals surface area contributed by atoms with Gasteiger partial charge in [0.05, 0.1) is 5.02 Å². The predicted molar refractivity (Wildman–Crippen MR) is 68.2 cm³/mol. The van der Waals surface area contributed by atoms with Gasteiger partial charge in [-0.1, -0.05) is 30.1 Å². The van der Waals surface area contributed by atoms with Crippen molar-refractivity contribution >= 4 is 29.0 Å². The zero-order valence-corrected chi connectivity index (χ0v) is 10.7. The molecule has 0 fully saturated rings. The predicted octanol–water partition coefficient (Wildman–Crippen LogP) is 3.55. The van der Waals surface area contributed by atoms with Crippen molar-refractivity contribution in [3.8, 4) is 0 Å². The molecule has 16 heavy (non-hydrogen) atoms. The van der Waals surface area contributed by atoms with Crippen molar-refractivity contribution in [1.82, 2.24) is 0 Å². The van der Waals surface area contributed by atoms with Crippen LogP contribution in [0.2, 0.25) is 10.0 Å². The lowest BCUT2D eigenvalue weighted by molar-refractivity contribution is 0.0975. The van der Waals surface area contributed by atoms with Crippen LogP contribution in [-0.2, 0) is 0 Å². The fourth-order valence-corrected chi connectivity index (χ4v) is 1.74. The summed E-state index contributed by atoms with van der Waals surface area (Å²) in [5.74, 6) is 0.370. The second kappa shape index (κ2) is 6.24. The summed E-state index contributed by atoms with van der Waals surface area (Å²) in [6.45, 7) is 2.61. The Labute approximate surface area is 106 Å². The van der Waals surface area contributed by atoms with Crippen molar-refractivity contribution in [3.05, 3.63) is 33.8 Å². The molecule has 0 spiro atoms. The molecule has 1 rings (SSSR count). The fraction of sp³-hybridized carbons (Fsp3) is 0.417. The normalized spacial score (nSPS) is 12.5. The van der Waals surface area contributed by atoms with E-state index in [4.69, 9.17) is 28.9 Å². The topological polar surface area (TPSA) is 43.1 Å². The van der Waals surface area contributed by atoms with Crippen LogP contribution in [0.1, 0.15) is 30.1 Å². The number of benzene rings is 1. The van der Waals surface area contributed by atoms with Gasteiger partial charge in [0.15, 0.2) is 5.78 Å². The van der Waals surface area contributed by atoms with Crippen LogP contribution in [0, 0.1) is 5.92 Å². The van der Waals surface area contributed by atoms with E-state index in [1.807, 2.05) is 6.92 Å². The summed E-state index contributed by atoms with van der Waals surface area (Å²) in [5, 5.41) is 0.981. The Morgan fingerprint density at radius 3 is 2.75 bits per heavy atom. The lowest BCUT2D eigenvalue weighted by Gasteiger charge is -2.08. The molecule has 88 valence electrons. The molecule has 4 heteroatoms. The van der Waals surface area contributed by atoms with Crippen molar-refractivity contribution in [3.63, 3.8) is 0 Å². The smallest absolute Gasteiger partial charge is 0.164 e. The van der Waals surface area contributed by atoms with Gasteiger partial charge in [-0.25, -0.2) is 0 Å². The lowest BCUT2D eigenvalue weighted by Crippen LogP contribution is -2.12. The molecule has 0 aliphatic carbocycles. The molecule has 1 unspecified atom stereocenters. The van der Waals surface area contributed by atoms with Crippen molar-refractivity contribution in [2.45, 2.75) is 19.8 Å². The first kappa shape index (κ1) is 13.5. The van der Waals surface area contributed by atoms with Crippen LogP contribution < -0.4 is 5.73 Å². The molecule has 1 aromatic carbocycles. The van der Waals surface area contributed by atoms with Crippen molar-refractivity contribution in [2.75, 3.05) is 6.54 Å². The minimum atomic E-state index is 0.0211. The summed E-state index contributed by atoms with van der Waals surface area (Å²) in [6, 6.07) is 4.92. The molecule has 0 saturated carbocycles. The molecular weight excluding hydrogens is 245 g/mol. The van der Waals surface area contributed by atoms with Gasteiger partial charge < -0.3 is 5.73 Å². The zero-order valence-electron chi connectivity index (χ0n) is 9.17. The quantitative estimate of drug-likeness (QED) is 0.822. The molecule has 0 heterocycles. The molecule has 0 aliphatic rings. The second-order valence-electron chi connectivity index (χ2n) is 3.93. The monoisotopic (exact) mass is 259 g/mol. The molecule has 1 aromatic rings. The number of Topliss-reactive ketones (excluding diaryl/α,β-unsaturated/α-hetero) is 1. The van der Waals surface area contributed by atoms with E-state index in [2.05, 4.69) is 0 Å². The number of rotatable bonds is 5. The standard InChI is InChI=1S/C12H15Cl2NO/c1-8(7-15)2-5-12(16)10-6-9(13)3-4-11(10)14/h3-4,6,8H,2,5,7,15H2,1H3. The van der Waals surface area contributed by atoms with Gasteiger partial charge in [-0.05, 0) is 37.1 Å². The lowest BCUT2D eigenvalue weighted by atomic mass is 10.0. The first-order valence-electron chi connectivity index (χ1n) is 5.23. The van der Waals surface area contributed by atoms with E-state index in [-0.39, 0.29) is 5.78 Å². The molecule has 0 bridgehead atoms. The first-order chi connectivity index (χ1) is 7.54. The van der Waals surface area contributed by atoms with Gasteiger partial charge in [0.2, 0.25) is 0 Å². The highest BCUT2D eigenvalue weighted by molar-refractivity contribution is 6.35. The Balaban J connectivity index is 2.69. The van der Waals surface area contributed by atoms with Crippen LogP contribution in [-0.4, -0.2) is 12.3 Å². The summed E-state index contributed by atoms with van der Waals surface area (Å²) in [4.78, 5) is 11.9. The van der Waals surface area contributed by atoms with E-state index >= 15 is 0 Å². The number of halogens is 2. The average molecular weight is 260 g/mol. The third-order valence-corrected chi connectivity index (χ3v) is 3.06. The van der Waals surface area contributed by atoms with E-state index in [1.54, 1.807) is 18.2 Å². The first-order valence-corrected chi connectivity index (χ1v) is 5.98. The molecule has 0 aromatic heterocycles. The van der Waals surface area contributed by atoms with Crippen molar-refractivity contribution < 1.29 is 4.79 Å². The highest BCUT2D eigenvalue weighted by Gasteiger charge is 2.12. The van der Waals surface area contributed by atoms with Crippen LogP contribution in [0.25, 0.3) is 0 Å². The van der Waals surface area contributed by atoms with Crippen molar-refractivity contribution in [1.29, 1.82) is 0 Å². The Morgan fingerprint density at radius 1 is 1.44 bits per heavy atom. The van der Waals surface area contributed by atoms with Gasteiger partial charge in [0.1, 0.15) is 0 Å². The number of ketones is 1. The minimum absolute atomic E-state index is 0.0211. The van der Waals surface area contributed by atoms with Gasteiger partial charge in [0, 0.05) is 17.0 Å². The molecule has 0 radical (unpaired) electrons. The van der Waals surface area contributed by atoms with E-state index in [1.165, 1.54) is 0 Å². The van der Waals surface area contributed by atoms with Gasteiger partial charge in [-0.3, -0.25) is 4.79 Å². The zero-order chi connectivity index (χ0) is 12.1. The number of carbonyl (C=O) groups is 1. The number of hydrogen-bond donors (Lipinski definition) is 1. The van der Waals surface area contributed by atoms with Crippen molar-refractivity contribution in [2.24, 2.45) is 11.7 Å². The van der Waals surface area contributed by atoms with Crippen LogP contribution in [0.4, 0.5) is 0 Å². The summed E-state index contributed by atoms with van der Waals surface area (Å²) >= 11 is 11.8. The number of hydrogen-bond acceptors (Lipinski definition) is 2. The Bertz CT molecular complexity index is 379. The Morgan fingerprint density at radius 2 is 2.12 bits per heavy atom. The second-order valence-corrected chi connectivity index (χ2v) is 4.77. The van der Waals surface area contributed by atoms with Gasteiger partial charge >= 0.3 is 0 Å². The molecule has 2 N–H and O–H groups in total. The van der Waals surface area contributed by atoms with Crippen LogP contribution in [0.15, 0.2) is 18.2 Å². The third-order valence-electron chi connectivity index (χ3n) is 2.50. The minimum Gasteiger partial charge on any atom is -0.330 e. The van der Waals surface area contributed by atoms with Gasteiger partial charge in [-0.2, -0.15) is 0 Å². The Hall–Kier alpha value is -0.570. The van der Waals surface area contributed by atoms with E-state index < -0.39 is 0 Å². The van der Waals surface area contributed by atoms with E-state index in [9.17, 15) is 4.79 Å². The summed E-state index contributed by atoms with van der Waals surface area (Å²) in [6.07, 6.45) is 1.23. The van der Waals surface area contributed by atoms with Crippen LogP contribution in [0.5, 0.6) is 0 Å². The fourth-order valence-electron chi connectivity index (χ4n) is 1.34. The number of carbonyl (C=O) groups excluding carboxylic acids is 1. The maximum atomic E-state index is 11.9. The van der Waals surface area contributed by atoms with E-state index in [0.717, 1.165) is 6.42 Å². The van der Waals surface area contributed by atoms with Gasteiger partial charge in [-0.15, -0.1) is 0 Å². The molecule has 0 saturated heterocycles. The Kier molecular flexibility index (Phi) is 5.26. The highest BCUT2D eigenvalue weighted by Crippen LogP contribution is 2.22. The van der Waals surface area contributed by atoms with Crippen LogP contribution in [0.3, 0.4) is 0 Å². The maximum Gasteiger partial charge on any atom is 0.164 e. The summed E-state index contributed by atoms with van der Waals surface area (Å²) in [7, 11) is 0. The highest BCUT2D eigenvalue weighted by atomic mass is 35.5. The maximum absolute atomic E-state index is 11.9. The average Bonchev–Trinajstić information content (AvgIpc) is 2.28. The van der Waals surface area contributed by atoms with Gasteiger partial charge in [0.25, 0.3) is 0 Å². The summed E-state index contributed by atoms with van der Waals surface area (Å²) in [5.41, 5.74) is 5.99. The molecular formula is C12H15Cl2NO. The largest absolute Gasteiger partial charge is 0.330 e. The molecule has 0 amide bonds. The number of nitrogens with two attached hydrogens (primary N) is 1. The van der Waals surface area contributed by atoms with Crippen LogP contribution >= 0.6 is 23.2 Å². The molecule has 1 atom stereocenters. The molecule has 0 aliphatic heterocycles. The summed E-state index contributed by atoms with van der Waals surface area (Å²) < 4.78 is 0. The SMILES string of the molecule is CC(CN)CCC(=O)c1cc(Cl)ccc1Cl. The van der Waals surface area contributed by atoms with E-state index in [0.29, 0.717) is 34.5 Å². The third kappa shape index (κ3) is 3.78.